The quantitative estimate of drug-likeness (QED) is 0.641. The molecule has 1 saturated carbocycles. The van der Waals surface area contributed by atoms with Gasteiger partial charge in [0.25, 0.3) is 11.5 Å². The molecule has 160 valence electrons. The van der Waals surface area contributed by atoms with Crippen LogP contribution in [0, 0.1) is 0 Å². The van der Waals surface area contributed by atoms with E-state index in [0.717, 1.165) is 12.8 Å². The van der Waals surface area contributed by atoms with Crippen molar-refractivity contribution < 1.29 is 14.3 Å². The second kappa shape index (κ2) is 7.42. The van der Waals surface area contributed by atoms with Crippen molar-refractivity contribution in [1.82, 2.24) is 14.5 Å². The van der Waals surface area contributed by atoms with E-state index in [0.29, 0.717) is 42.6 Å². The zero-order valence-electron chi connectivity index (χ0n) is 16.7. The van der Waals surface area contributed by atoms with Gasteiger partial charge in [-0.1, -0.05) is 11.6 Å². The van der Waals surface area contributed by atoms with E-state index in [1.165, 1.54) is 4.57 Å². The molecule has 0 unspecified atom stereocenters. The molecule has 0 saturated heterocycles. The van der Waals surface area contributed by atoms with Gasteiger partial charge in [-0.25, -0.2) is 9.78 Å². The smallest absolute Gasteiger partial charge is 0.329 e. The molecule has 1 fully saturated rings. The molecule has 9 nitrogen and oxygen atoms in total. The first-order valence-electron chi connectivity index (χ1n) is 10.0. The molecule has 0 bridgehead atoms. The molecule has 0 spiro atoms. The summed E-state index contributed by atoms with van der Waals surface area (Å²) in [6.07, 6.45) is 1.90. The van der Waals surface area contributed by atoms with Crippen LogP contribution in [0.15, 0.2) is 27.8 Å². The van der Waals surface area contributed by atoms with Gasteiger partial charge in [-0.05, 0) is 25.8 Å². The Balaban J connectivity index is 1.63. The van der Waals surface area contributed by atoms with E-state index in [2.05, 4.69) is 15.3 Å². The molecule has 2 aliphatic rings. The Hall–Kier alpha value is -3.33. The van der Waals surface area contributed by atoms with Gasteiger partial charge in [-0.3, -0.25) is 19.1 Å². The maximum absolute atomic E-state index is 13.3. The van der Waals surface area contributed by atoms with Crippen LogP contribution in [0.4, 0.5) is 5.69 Å². The number of benzene rings is 1. The summed E-state index contributed by atoms with van der Waals surface area (Å²) in [4.78, 5) is 45.0. The fourth-order valence-electron chi connectivity index (χ4n) is 3.70. The summed E-state index contributed by atoms with van der Waals surface area (Å²) in [5.74, 6) is 0.665. The second-order valence-corrected chi connectivity index (χ2v) is 7.91. The van der Waals surface area contributed by atoms with Gasteiger partial charge in [0.1, 0.15) is 13.2 Å². The number of halogens is 1. The standard InChI is InChI=1S/C21H19ClN4O5/c1-2-26-18-17(20(28)25-21(26)29)11(7-13(23-18)10-3-4-10)19(27)24-14-9-16-15(8-12(14)22)30-5-6-31-16/h7-10H,2-6H2,1H3,(H,24,27)(H,25,28,29). The van der Waals surface area contributed by atoms with E-state index in [1.807, 2.05) is 0 Å². The molecule has 31 heavy (non-hydrogen) atoms. The van der Waals surface area contributed by atoms with E-state index >= 15 is 0 Å². The van der Waals surface area contributed by atoms with Gasteiger partial charge in [0.05, 0.1) is 21.7 Å². The molecule has 0 atom stereocenters. The van der Waals surface area contributed by atoms with Crippen LogP contribution in [0.2, 0.25) is 5.02 Å². The summed E-state index contributed by atoms with van der Waals surface area (Å²) in [5.41, 5.74) is 0.159. The van der Waals surface area contributed by atoms with Gasteiger partial charge in [0.2, 0.25) is 0 Å². The van der Waals surface area contributed by atoms with Crippen LogP contribution in [0.1, 0.15) is 41.7 Å². The lowest BCUT2D eigenvalue weighted by molar-refractivity contribution is 0.102. The highest BCUT2D eigenvalue weighted by molar-refractivity contribution is 6.34. The van der Waals surface area contributed by atoms with E-state index in [-0.39, 0.29) is 27.5 Å². The summed E-state index contributed by atoms with van der Waals surface area (Å²) in [6, 6.07) is 4.79. The number of aromatic nitrogens is 3. The number of carbonyl (C=O) groups is 1. The molecule has 1 aliphatic heterocycles. The Morgan fingerprint density at radius 2 is 1.94 bits per heavy atom. The highest BCUT2D eigenvalue weighted by Gasteiger charge is 2.29. The van der Waals surface area contributed by atoms with Gasteiger partial charge in [0, 0.05) is 30.3 Å². The molecule has 2 aromatic heterocycles. The van der Waals surface area contributed by atoms with E-state index < -0.39 is 17.2 Å². The van der Waals surface area contributed by atoms with Crippen LogP contribution in [0.5, 0.6) is 11.5 Å². The maximum Gasteiger partial charge on any atom is 0.329 e. The lowest BCUT2D eigenvalue weighted by Crippen LogP contribution is -2.32. The summed E-state index contributed by atoms with van der Waals surface area (Å²) < 4.78 is 12.4. The van der Waals surface area contributed by atoms with Crippen molar-refractivity contribution in [2.75, 3.05) is 18.5 Å². The average molecular weight is 443 g/mol. The van der Waals surface area contributed by atoms with Crippen molar-refractivity contribution >= 4 is 34.2 Å². The SMILES string of the molecule is CCn1c(=O)[nH]c(=O)c2c(C(=O)Nc3cc4c(cc3Cl)OCCO4)cc(C3CC3)nc21. The van der Waals surface area contributed by atoms with Crippen LogP contribution >= 0.6 is 11.6 Å². The first-order chi connectivity index (χ1) is 15.0. The van der Waals surface area contributed by atoms with E-state index in [9.17, 15) is 14.4 Å². The van der Waals surface area contributed by atoms with Crippen LogP contribution < -0.4 is 26.0 Å². The van der Waals surface area contributed by atoms with Gasteiger partial charge in [0.15, 0.2) is 17.1 Å². The number of hydrogen-bond acceptors (Lipinski definition) is 6. The summed E-state index contributed by atoms with van der Waals surface area (Å²) in [6.45, 7) is 2.90. The van der Waals surface area contributed by atoms with Gasteiger partial charge in [-0.2, -0.15) is 0 Å². The molecule has 2 N–H and O–H groups in total. The second-order valence-electron chi connectivity index (χ2n) is 7.50. The predicted molar refractivity (Wildman–Crippen MR) is 115 cm³/mol. The molecule has 0 radical (unpaired) electrons. The van der Waals surface area contributed by atoms with Crippen molar-refractivity contribution in [2.45, 2.75) is 32.2 Å². The largest absolute Gasteiger partial charge is 0.486 e. The number of nitrogens with one attached hydrogen (secondary N) is 2. The first kappa shape index (κ1) is 19.6. The number of aromatic amines is 1. The van der Waals surface area contributed by atoms with Crippen molar-refractivity contribution in [3.63, 3.8) is 0 Å². The minimum atomic E-state index is -0.655. The lowest BCUT2D eigenvalue weighted by Gasteiger charge is -2.20. The van der Waals surface area contributed by atoms with Gasteiger partial charge >= 0.3 is 5.69 Å². The molecular weight excluding hydrogens is 424 g/mol. The highest BCUT2D eigenvalue weighted by atomic mass is 35.5. The van der Waals surface area contributed by atoms with E-state index in [4.69, 9.17) is 21.1 Å². The number of hydrogen-bond donors (Lipinski definition) is 2. The molecule has 5 rings (SSSR count). The normalized spacial score (nSPS) is 15.2. The third-order valence-corrected chi connectivity index (χ3v) is 5.72. The summed E-state index contributed by atoms with van der Waals surface area (Å²) in [5, 5.41) is 3.10. The zero-order chi connectivity index (χ0) is 21.7. The Labute approximate surface area is 181 Å². The molecule has 3 aromatic rings. The topological polar surface area (TPSA) is 115 Å². The number of aryl methyl sites for hydroxylation is 1. The van der Waals surface area contributed by atoms with Gasteiger partial charge < -0.3 is 14.8 Å². The lowest BCUT2D eigenvalue weighted by atomic mass is 10.1. The number of H-pyrrole nitrogens is 1. The fraction of sp³-hybridized carbons (Fsp3) is 0.333. The van der Waals surface area contributed by atoms with Gasteiger partial charge in [-0.15, -0.1) is 0 Å². The minimum absolute atomic E-state index is 0.0667. The molecule has 1 amide bonds. The number of pyridine rings is 1. The number of amides is 1. The number of anilines is 1. The van der Waals surface area contributed by atoms with Crippen molar-refractivity contribution in [3.05, 3.63) is 55.3 Å². The number of ether oxygens (including phenoxy) is 2. The van der Waals surface area contributed by atoms with Crippen LogP contribution in [0.25, 0.3) is 11.0 Å². The van der Waals surface area contributed by atoms with Crippen molar-refractivity contribution in [2.24, 2.45) is 0 Å². The maximum atomic E-state index is 13.3. The summed E-state index contributed by atoms with van der Waals surface area (Å²) >= 11 is 6.33. The first-order valence-corrected chi connectivity index (χ1v) is 10.4. The number of carbonyl (C=O) groups excluding carboxylic acids is 1. The van der Waals surface area contributed by atoms with Crippen molar-refractivity contribution in [3.8, 4) is 11.5 Å². The molecule has 1 aliphatic carbocycles. The number of fused-ring (bicyclic) bond motifs is 2. The average Bonchev–Trinajstić information content (AvgIpc) is 3.59. The Bertz CT molecular complexity index is 1340. The molecular formula is C21H19ClN4O5. The van der Waals surface area contributed by atoms with E-state index in [1.54, 1.807) is 25.1 Å². The monoisotopic (exact) mass is 442 g/mol. The number of nitrogens with zero attached hydrogens (tertiary/aromatic N) is 2. The Morgan fingerprint density at radius 1 is 1.23 bits per heavy atom. The third kappa shape index (κ3) is 3.44. The Morgan fingerprint density at radius 3 is 2.61 bits per heavy atom. The van der Waals surface area contributed by atoms with Crippen LogP contribution in [-0.2, 0) is 6.54 Å². The Kier molecular flexibility index (Phi) is 4.70. The third-order valence-electron chi connectivity index (χ3n) is 5.41. The predicted octanol–water partition coefficient (Wildman–Crippen LogP) is 2.66. The molecule has 3 heterocycles. The molecule has 10 heteroatoms. The van der Waals surface area contributed by atoms with Crippen LogP contribution in [-0.4, -0.2) is 33.7 Å². The molecule has 1 aromatic carbocycles. The summed E-state index contributed by atoms with van der Waals surface area (Å²) in [7, 11) is 0. The number of rotatable bonds is 4. The zero-order valence-corrected chi connectivity index (χ0v) is 17.4. The highest BCUT2D eigenvalue weighted by Crippen LogP contribution is 2.40. The minimum Gasteiger partial charge on any atom is -0.486 e. The van der Waals surface area contributed by atoms with Crippen LogP contribution in [0.3, 0.4) is 0 Å². The van der Waals surface area contributed by atoms with Crippen molar-refractivity contribution in [1.29, 1.82) is 0 Å². The fourth-order valence-corrected chi connectivity index (χ4v) is 3.90.